The zero-order chi connectivity index (χ0) is 11.5. The SMILES string of the molecule is CCOC(=O)C[C@]1(C)C=CCC(C)(C)C1. The lowest BCUT2D eigenvalue weighted by molar-refractivity contribution is -0.145. The monoisotopic (exact) mass is 210 g/mol. The maximum absolute atomic E-state index is 11.5. The molecule has 86 valence electrons. The van der Waals surface area contributed by atoms with Gasteiger partial charge in [0.1, 0.15) is 0 Å². The first-order chi connectivity index (χ1) is 6.87. The lowest BCUT2D eigenvalue weighted by Gasteiger charge is -2.38. The van der Waals surface area contributed by atoms with Crippen LogP contribution in [-0.4, -0.2) is 12.6 Å². The molecule has 0 unspecified atom stereocenters. The van der Waals surface area contributed by atoms with Gasteiger partial charge in [0, 0.05) is 0 Å². The Morgan fingerprint density at radius 1 is 1.40 bits per heavy atom. The van der Waals surface area contributed by atoms with Gasteiger partial charge < -0.3 is 4.74 Å². The molecule has 2 heteroatoms. The van der Waals surface area contributed by atoms with Crippen LogP contribution in [0.15, 0.2) is 12.2 Å². The van der Waals surface area contributed by atoms with Gasteiger partial charge in [0.15, 0.2) is 0 Å². The van der Waals surface area contributed by atoms with Crippen molar-refractivity contribution < 1.29 is 9.53 Å². The molecule has 0 aromatic rings. The molecule has 0 bridgehead atoms. The molecule has 1 aliphatic rings. The van der Waals surface area contributed by atoms with E-state index in [4.69, 9.17) is 4.74 Å². The summed E-state index contributed by atoms with van der Waals surface area (Å²) in [6.07, 6.45) is 7.03. The predicted molar refractivity (Wildman–Crippen MR) is 61.5 cm³/mol. The van der Waals surface area contributed by atoms with Crippen LogP contribution in [-0.2, 0) is 9.53 Å². The molecule has 1 rings (SSSR count). The summed E-state index contributed by atoms with van der Waals surface area (Å²) in [4.78, 5) is 11.5. The van der Waals surface area contributed by atoms with E-state index < -0.39 is 0 Å². The van der Waals surface area contributed by atoms with E-state index in [9.17, 15) is 4.79 Å². The summed E-state index contributed by atoms with van der Waals surface area (Å²) in [6.45, 7) is 8.96. The van der Waals surface area contributed by atoms with Gasteiger partial charge in [0.05, 0.1) is 13.0 Å². The molecule has 15 heavy (non-hydrogen) atoms. The Labute approximate surface area is 92.7 Å². The summed E-state index contributed by atoms with van der Waals surface area (Å²) in [5.41, 5.74) is 0.282. The molecule has 1 aliphatic carbocycles. The van der Waals surface area contributed by atoms with Crippen molar-refractivity contribution in [3.05, 3.63) is 12.2 Å². The fourth-order valence-electron chi connectivity index (χ4n) is 2.55. The zero-order valence-corrected chi connectivity index (χ0v) is 10.3. The molecule has 0 amide bonds. The fourth-order valence-corrected chi connectivity index (χ4v) is 2.55. The van der Waals surface area contributed by atoms with Crippen LogP contribution in [0.2, 0.25) is 0 Å². The van der Waals surface area contributed by atoms with Gasteiger partial charge in [-0.25, -0.2) is 0 Å². The second-order valence-corrected chi connectivity index (χ2v) is 5.58. The van der Waals surface area contributed by atoms with Crippen molar-refractivity contribution in [1.29, 1.82) is 0 Å². The Morgan fingerprint density at radius 3 is 2.60 bits per heavy atom. The van der Waals surface area contributed by atoms with Crippen LogP contribution in [0.25, 0.3) is 0 Å². The third kappa shape index (κ3) is 3.69. The van der Waals surface area contributed by atoms with Crippen LogP contribution >= 0.6 is 0 Å². The minimum absolute atomic E-state index is 0.0198. The summed E-state index contributed by atoms with van der Waals surface area (Å²) in [5.74, 6) is -0.0812. The highest BCUT2D eigenvalue weighted by Gasteiger charge is 2.35. The molecule has 0 saturated carbocycles. The highest BCUT2D eigenvalue weighted by molar-refractivity contribution is 5.70. The Morgan fingerprint density at radius 2 is 2.07 bits per heavy atom. The third-order valence-corrected chi connectivity index (χ3v) is 2.93. The maximum Gasteiger partial charge on any atom is 0.306 e. The minimum Gasteiger partial charge on any atom is -0.466 e. The van der Waals surface area contributed by atoms with Crippen LogP contribution < -0.4 is 0 Å². The van der Waals surface area contributed by atoms with E-state index in [0.29, 0.717) is 18.4 Å². The molecule has 0 radical (unpaired) electrons. The lowest BCUT2D eigenvalue weighted by Crippen LogP contribution is -2.30. The number of allylic oxidation sites excluding steroid dienone is 2. The molecular weight excluding hydrogens is 188 g/mol. The second-order valence-electron chi connectivity index (χ2n) is 5.58. The second kappa shape index (κ2) is 4.38. The van der Waals surface area contributed by atoms with E-state index in [2.05, 4.69) is 32.9 Å². The Balaban J connectivity index is 2.63. The molecule has 2 nitrogen and oxygen atoms in total. The van der Waals surface area contributed by atoms with Gasteiger partial charge in [0.2, 0.25) is 0 Å². The summed E-state index contributed by atoms with van der Waals surface area (Å²) < 4.78 is 5.01. The van der Waals surface area contributed by atoms with E-state index in [1.165, 1.54) is 0 Å². The first kappa shape index (κ1) is 12.3. The molecule has 0 heterocycles. The first-order valence-corrected chi connectivity index (χ1v) is 5.70. The van der Waals surface area contributed by atoms with E-state index in [1.807, 2.05) is 6.92 Å². The fraction of sp³-hybridized carbons (Fsp3) is 0.769. The zero-order valence-electron chi connectivity index (χ0n) is 10.3. The summed E-state index contributed by atoms with van der Waals surface area (Å²) >= 11 is 0. The lowest BCUT2D eigenvalue weighted by atomic mass is 9.67. The van der Waals surface area contributed by atoms with Crippen molar-refractivity contribution in [1.82, 2.24) is 0 Å². The topological polar surface area (TPSA) is 26.3 Å². The smallest absolute Gasteiger partial charge is 0.306 e. The minimum atomic E-state index is -0.0812. The van der Waals surface area contributed by atoms with Crippen molar-refractivity contribution in [2.45, 2.75) is 47.0 Å². The number of ether oxygens (including phenoxy) is 1. The van der Waals surface area contributed by atoms with E-state index in [-0.39, 0.29) is 11.4 Å². The Bertz CT molecular complexity index is 266. The Kier molecular flexibility index (Phi) is 3.58. The largest absolute Gasteiger partial charge is 0.466 e. The van der Waals surface area contributed by atoms with E-state index in [0.717, 1.165) is 12.8 Å². The summed E-state index contributed by atoms with van der Waals surface area (Å²) in [5, 5.41) is 0. The number of esters is 1. The van der Waals surface area contributed by atoms with Gasteiger partial charge in [-0.2, -0.15) is 0 Å². The van der Waals surface area contributed by atoms with Crippen molar-refractivity contribution in [3.8, 4) is 0 Å². The highest BCUT2D eigenvalue weighted by atomic mass is 16.5. The van der Waals surface area contributed by atoms with Crippen LogP contribution in [0.4, 0.5) is 0 Å². The molecule has 0 fully saturated rings. The van der Waals surface area contributed by atoms with Gasteiger partial charge in [0.25, 0.3) is 0 Å². The van der Waals surface area contributed by atoms with Gasteiger partial charge in [-0.05, 0) is 30.6 Å². The van der Waals surface area contributed by atoms with Crippen molar-refractivity contribution in [2.75, 3.05) is 6.61 Å². The molecule has 0 N–H and O–H groups in total. The van der Waals surface area contributed by atoms with Gasteiger partial charge in [-0.3, -0.25) is 4.79 Å². The van der Waals surface area contributed by atoms with Gasteiger partial charge >= 0.3 is 5.97 Å². The van der Waals surface area contributed by atoms with E-state index >= 15 is 0 Å². The number of carbonyl (C=O) groups is 1. The molecule has 0 spiro atoms. The molecular formula is C13H22O2. The molecule has 0 saturated heterocycles. The number of carbonyl (C=O) groups excluding carboxylic acids is 1. The van der Waals surface area contributed by atoms with Crippen LogP contribution in [0.3, 0.4) is 0 Å². The van der Waals surface area contributed by atoms with E-state index in [1.54, 1.807) is 0 Å². The van der Waals surface area contributed by atoms with Crippen molar-refractivity contribution in [2.24, 2.45) is 10.8 Å². The average molecular weight is 210 g/mol. The predicted octanol–water partition coefficient (Wildman–Crippen LogP) is 3.32. The van der Waals surface area contributed by atoms with Crippen molar-refractivity contribution >= 4 is 5.97 Å². The number of rotatable bonds is 3. The quantitative estimate of drug-likeness (QED) is 0.527. The molecule has 0 aromatic heterocycles. The van der Waals surface area contributed by atoms with Crippen LogP contribution in [0.5, 0.6) is 0 Å². The Hall–Kier alpha value is -0.790. The number of hydrogen-bond acceptors (Lipinski definition) is 2. The first-order valence-electron chi connectivity index (χ1n) is 5.70. The van der Waals surface area contributed by atoms with Crippen molar-refractivity contribution in [3.63, 3.8) is 0 Å². The maximum atomic E-state index is 11.5. The molecule has 0 aromatic carbocycles. The van der Waals surface area contributed by atoms with Crippen LogP contribution in [0.1, 0.15) is 47.0 Å². The molecule has 0 aliphatic heterocycles. The average Bonchev–Trinajstić information content (AvgIpc) is 1.99. The standard InChI is InChI=1S/C13H22O2/c1-5-15-11(14)9-13(4)8-6-7-12(2,3)10-13/h6,8H,5,7,9-10H2,1-4H3/t13-/m0/s1. The number of hydrogen-bond donors (Lipinski definition) is 0. The van der Waals surface area contributed by atoms with Gasteiger partial charge in [-0.1, -0.05) is 32.9 Å². The normalized spacial score (nSPS) is 28.8. The summed E-state index contributed by atoms with van der Waals surface area (Å²) in [7, 11) is 0. The van der Waals surface area contributed by atoms with Gasteiger partial charge in [-0.15, -0.1) is 0 Å². The highest BCUT2D eigenvalue weighted by Crippen LogP contribution is 2.43. The third-order valence-electron chi connectivity index (χ3n) is 2.93. The molecule has 1 atom stereocenters. The van der Waals surface area contributed by atoms with Crippen LogP contribution in [0, 0.1) is 10.8 Å². The summed E-state index contributed by atoms with van der Waals surface area (Å²) in [6, 6.07) is 0.